The molecule has 1 fully saturated rings. The van der Waals surface area contributed by atoms with Gasteiger partial charge in [-0.3, -0.25) is 0 Å². The van der Waals surface area contributed by atoms with E-state index in [2.05, 4.69) is 0 Å². The molecule has 15 heavy (non-hydrogen) atoms. The van der Waals surface area contributed by atoms with Crippen molar-refractivity contribution in [3.8, 4) is 0 Å². The van der Waals surface area contributed by atoms with Crippen LogP contribution >= 0.6 is 0 Å². The van der Waals surface area contributed by atoms with Crippen molar-refractivity contribution in [2.75, 3.05) is 13.1 Å². The summed E-state index contributed by atoms with van der Waals surface area (Å²) in [5.74, 6) is -0.0477. The highest BCUT2D eigenvalue weighted by Gasteiger charge is 2.26. The van der Waals surface area contributed by atoms with Crippen LogP contribution in [0.4, 0.5) is 9.18 Å². The van der Waals surface area contributed by atoms with Gasteiger partial charge in [0.2, 0.25) is 0 Å². The third-order valence-electron chi connectivity index (χ3n) is 2.80. The molecule has 0 aliphatic carbocycles. The van der Waals surface area contributed by atoms with Crippen LogP contribution in [0.15, 0.2) is 24.3 Å². The molecule has 0 saturated carbocycles. The molecule has 1 atom stereocenters. The first-order valence-corrected chi connectivity index (χ1v) is 4.90. The second-order valence-corrected chi connectivity index (χ2v) is 3.77. The van der Waals surface area contributed by atoms with E-state index in [-0.39, 0.29) is 11.7 Å². The molecule has 1 heterocycles. The highest BCUT2D eigenvalue weighted by molar-refractivity contribution is 5.65. The number of likely N-dealkylation sites (tertiary alicyclic amines) is 1. The maximum atomic E-state index is 12.7. The molecule has 1 saturated heterocycles. The average Bonchev–Trinajstić information content (AvgIpc) is 2.68. The van der Waals surface area contributed by atoms with Gasteiger partial charge < -0.3 is 10.0 Å². The Morgan fingerprint density at radius 3 is 2.60 bits per heavy atom. The summed E-state index contributed by atoms with van der Waals surface area (Å²) < 4.78 is 12.7. The molecule has 1 aliphatic heterocycles. The molecular formula is C11H12FNO2. The van der Waals surface area contributed by atoms with E-state index in [4.69, 9.17) is 5.11 Å². The molecule has 4 heteroatoms. The minimum atomic E-state index is -0.875. The van der Waals surface area contributed by atoms with Gasteiger partial charge in [-0.15, -0.1) is 0 Å². The Morgan fingerprint density at radius 2 is 2.07 bits per heavy atom. The highest BCUT2D eigenvalue weighted by Crippen LogP contribution is 2.27. The molecule has 1 unspecified atom stereocenters. The van der Waals surface area contributed by atoms with E-state index in [1.165, 1.54) is 17.0 Å². The zero-order chi connectivity index (χ0) is 10.8. The lowest BCUT2D eigenvalue weighted by Crippen LogP contribution is -2.26. The van der Waals surface area contributed by atoms with E-state index in [0.717, 1.165) is 12.0 Å². The summed E-state index contributed by atoms with van der Waals surface area (Å²) in [7, 11) is 0. The van der Waals surface area contributed by atoms with E-state index in [9.17, 15) is 9.18 Å². The Labute approximate surface area is 87.1 Å². The van der Waals surface area contributed by atoms with E-state index < -0.39 is 6.09 Å². The summed E-state index contributed by atoms with van der Waals surface area (Å²) >= 11 is 0. The molecule has 0 spiro atoms. The van der Waals surface area contributed by atoms with Crippen molar-refractivity contribution >= 4 is 6.09 Å². The molecule has 1 amide bonds. The average molecular weight is 209 g/mol. The lowest BCUT2D eigenvalue weighted by atomic mass is 9.99. The number of rotatable bonds is 1. The summed E-state index contributed by atoms with van der Waals surface area (Å²) in [5, 5.41) is 8.79. The van der Waals surface area contributed by atoms with Crippen LogP contribution in [-0.4, -0.2) is 29.2 Å². The number of benzene rings is 1. The number of nitrogens with zero attached hydrogens (tertiary/aromatic N) is 1. The summed E-state index contributed by atoms with van der Waals surface area (Å²) in [6, 6.07) is 6.29. The molecule has 2 rings (SSSR count). The van der Waals surface area contributed by atoms with Gasteiger partial charge in [-0.1, -0.05) is 12.1 Å². The SMILES string of the molecule is O=C(O)N1CCC(c2ccc(F)cc2)C1. The molecule has 0 aromatic heterocycles. The van der Waals surface area contributed by atoms with Crippen LogP contribution in [0.25, 0.3) is 0 Å². The molecule has 1 aromatic rings. The van der Waals surface area contributed by atoms with Gasteiger partial charge in [0, 0.05) is 19.0 Å². The predicted octanol–water partition coefficient (Wildman–Crippen LogP) is 2.29. The monoisotopic (exact) mass is 209 g/mol. The number of halogens is 1. The minimum Gasteiger partial charge on any atom is -0.465 e. The van der Waals surface area contributed by atoms with Gasteiger partial charge in [0.25, 0.3) is 0 Å². The molecule has 80 valence electrons. The Bertz CT molecular complexity index is 363. The topological polar surface area (TPSA) is 40.5 Å². The van der Waals surface area contributed by atoms with Crippen molar-refractivity contribution in [2.24, 2.45) is 0 Å². The first-order valence-electron chi connectivity index (χ1n) is 4.90. The fourth-order valence-corrected chi connectivity index (χ4v) is 1.94. The van der Waals surface area contributed by atoms with Crippen molar-refractivity contribution in [1.82, 2.24) is 4.90 Å². The van der Waals surface area contributed by atoms with Crippen LogP contribution in [0.2, 0.25) is 0 Å². The largest absolute Gasteiger partial charge is 0.465 e. The predicted molar refractivity (Wildman–Crippen MR) is 53.4 cm³/mol. The second-order valence-electron chi connectivity index (χ2n) is 3.77. The van der Waals surface area contributed by atoms with Crippen LogP contribution in [-0.2, 0) is 0 Å². The van der Waals surface area contributed by atoms with Crippen molar-refractivity contribution < 1.29 is 14.3 Å². The number of carboxylic acid groups (broad SMARTS) is 1. The lowest BCUT2D eigenvalue weighted by molar-refractivity contribution is 0.155. The smallest absolute Gasteiger partial charge is 0.407 e. The maximum absolute atomic E-state index is 12.7. The third kappa shape index (κ3) is 2.09. The van der Waals surface area contributed by atoms with E-state index in [0.29, 0.717) is 13.1 Å². The first kappa shape index (κ1) is 9.96. The van der Waals surface area contributed by atoms with Gasteiger partial charge in [0.1, 0.15) is 5.82 Å². The van der Waals surface area contributed by atoms with Gasteiger partial charge in [-0.05, 0) is 24.1 Å². The Morgan fingerprint density at radius 1 is 1.40 bits per heavy atom. The molecule has 1 aliphatic rings. The van der Waals surface area contributed by atoms with E-state index in [1.807, 2.05) is 0 Å². The number of carbonyl (C=O) groups is 1. The fourth-order valence-electron chi connectivity index (χ4n) is 1.94. The molecule has 1 N–H and O–H groups in total. The summed E-state index contributed by atoms with van der Waals surface area (Å²) in [4.78, 5) is 12.1. The van der Waals surface area contributed by atoms with Crippen molar-refractivity contribution in [3.63, 3.8) is 0 Å². The molecule has 0 bridgehead atoms. The highest BCUT2D eigenvalue weighted by atomic mass is 19.1. The fraction of sp³-hybridized carbons (Fsp3) is 0.364. The number of amides is 1. The standard InChI is InChI=1S/C11H12FNO2/c12-10-3-1-8(2-4-10)9-5-6-13(7-9)11(14)15/h1-4,9H,5-7H2,(H,14,15). The van der Waals surface area contributed by atoms with Crippen molar-refractivity contribution in [3.05, 3.63) is 35.6 Å². The summed E-state index contributed by atoms with van der Waals surface area (Å²) in [6.07, 6.45) is -0.0580. The van der Waals surface area contributed by atoms with E-state index >= 15 is 0 Å². The molecule has 0 radical (unpaired) electrons. The molecule has 3 nitrogen and oxygen atoms in total. The van der Waals surface area contributed by atoms with Crippen molar-refractivity contribution in [2.45, 2.75) is 12.3 Å². The van der Waals surface area contributed by atoms with Crippen LogP contribution < -0.4 is 0 Å². The lowest BCUT2D eigenvalue weighted by Gasteiger charge is -2.12. The zero-order valence-corrected chi connectivity index (χ0v) is 8.19. The van der Waals surface area contributed by atoms with Crippen LogP contribution in [0.1, 0.15) is 17.9 Å². The zero-order valence-electron chi connectivity index (χ0n) is 8.19. The molecule has 1 aromatic carbocycles. The number of hydrogen-bond acceptors (Lipinski definition) is 1. The first-order chi connectivity index (χ1) is 7.16. The van der Waals surface area contributed by atoms with Crippen LogP contribution in [0.5, 0.6) is 0 Å². The number of hydrogen-bond donors (Lipinski definition) is 1. The summed E-state index contributed by atoms with van der Waals surface area (Å²) in [6.45, 7) is 1.08. The Hall–Kier alpha value is -1.58. The van der Waals surface area contributed by atoms with Gasteiger partial charge in [0.15, 0.2) is 0 Å². The van der Waals surface area contributed by atoms with Crippen LogP contribution in [0, 0.1) is 5.82 Å². The van der Waals surface area contributed by atoms with Gasteiger partial charge in [-0.2, -0.15) is 0 Å². The van der Waals surface area contributed by atoms with Crippen molar-refractivity contribution in [1.29, 1.82) is 0 Å². The second kappa shape index (κ2) is 3.88. The minimum absolute atomic E-state index is 0.210. The van der Waals surface area contributed by atoms with E-state index in [1.54, 1.807) is 12.1 Å². The summed E-state index contributed by atoms with van der Waals surface area (Å²) in [5.41, 5.74) is 1.01. The van der Waals surface area contributed by atoms with Gasteiger partial charge >= 0.3 is 6.09 Å². The van der Waals surface area contributed by atoms with Gasteiger partial charge in [-0.25, -0.2) is 9.18 Å². The normalized spacial score (nSPS) is 20.6. The maximum Gasteiger partial charge on any atom is 0.407 e. The Kier molecular flexibility index (Phi) is 2.58. The van der Waals surface area contributed by atoms with Crippen LogP contribution in [0.3, 0.4) is 0 Å². The van der Waals surface area contributed by atoms with Gasteiger partial charge in [0.05, 0.1) is 0 Å². The Balaban J connectivity index is 2.07. The molecular weight excluding hydrogens is 197 g/mol. The third-order valence-corrected chi connectivity index (χ3v) is 2.80. The quantitative estimate of drug-likeness (QED) is 0.770.